The van der Waals surface area contributed by atoms with Crippen molar-refractivity contribution in [2.75, 3.05) is 13.2 Å². The SMILES string of the molecule is CCCCOC(=O)CCCC(=O)OCCC(C)C. The number of unbranched alkanes of at least 4 members (excludes halogenated alkanes) is 1. The van der Waals surface area contributed by atoms with E-state index in [0.29, 0.717) is 38.4 Å². The van der Waals surface area contributed by atoms with Crippen LogP contribution in [-0.2, 0) is 19.1 Å². The highest BCUT2D eigenvalue weighted by molar-refractivity contribution is 5.72. The van der Waals surface area contributed by atoms with Gasteiger partial charge < -0.3 is 9.47 Å². The van der Waals surface area contributed by atoms with E-state index in [9.17, 15) is 9.59 Å². The largest absolute Gasteiger partial charge is 0.466 e. The number of rotatable bonds is 10. The summed E-state index contributed by atoms with van der Waals surface area (Å²) >= 11 is 0. The third kappa shape index (κ3) is 11.4. The van der Waals surface area contributed by atoms with Crippen LogP contribution in [0.3, 0.4) is 0 Å². The predicted octanol–water partition coefficient (Wildman–Crippen LogP) is 3.09. The van der Waals surface area contributed by atoms with Gasteiger partial charge in [-0.3, -0.25) is 9.59 Å². The minimum absolute atomic E-state index is 0.224. The molecule has 0 N–H and O–H groups in total. The van der Waals surface area contributed by atoms with E-state index in [1.54, 1.807) is 0 Å². The van der Waals surface area contributed by atoms with Crippen molar-refractivity contribution in [3.8, 4) is 0 Å². The zero-order valence-electron chi connectivity index (χ0n) is 11.9. The molecule has 0 aliphatic carbocycles. The summed E-state index contributed by atoms with van der Waals surface area (Å²) in [5, 5.41) is 0. The summed E-state index contributed by atoms with van der Waals surface area (Å²) in [6.45, 7) is 7.16. The van der Waals surface area contributed by atoms with Gasteiger partial charge in [-0.15, -0.1) is 0 Å². The first-order chi connectivity index (χ1) is 8.56. The summed E-state index contributed by atoms with van der Waals surface area (Å²) in [7, 11) is 0. The number of carbonyl (C=O) groups is 2. The molecule has 0 saturated heterocycles. The molecule has 0 amide bonds. The van der Waals surface area contributed by atoms with E-state index in [4.69, 9.17) is 9.47 Å². The predicted molar refractivity (Wildman–Crippen MR) is 70.1 cm³/mol. The Morgan fingerprint density at radius 1 is 0.944 bits per heavy atom. The van der Waals surface area contributed by atoms with E-state index in [-0.39, 0.29) is 11.9 Å². The first kappa shape index (κ1) is 16.9. The second-order valence-electron chi connectivity index (χ2n) is 4.83. The van der Waals surface area contributed by atoms with Crippen molar-refractivity contribution in [2.24, 2.45) is 5.92 Å². The average Bonchev–Trinajstić information content (AvgIpc) is 2.29. The van der Waals surface area contributed by atoms with Gasteiger partial charge in [-0.25, -0.2) is 0 Å². The highest BCUT2D eigenvalue weighted by atomic mass is 16.5. The fourth-order valence-electron chi connectivity index (χ4n) is 1.26. The van der Waals surface area contributed by atoms with Crippen molar-refractivity contribution in [3.05, 3.63) is 0 Å². The van der Waals surface area contributed by atoms with Crippen LogP contribution in [0.4, 0.5) is 0 Å². The molecule has 18 heavy (non-hydrogen) atoms. The molecule has 4 heteroatoms. The third-order valence-corrected chi connectivity index (χ3v) is 2.48. The van der Waals surface area contributed by atoms with E-state index in [1.807, 2.05) is 6.92 Å². The molecule has 0 bridgehead atoms. The molecule has 4 nitrogen and oxygen atoms in total. The third-order valence-electron chi connectivity index (χ3n) is 2.48. The van der Waals surface area contributed by atoms with Crippen molar-refractivity contribution in [1.82, 2.24) is 0 Å². The second-order valence-corrected chi connectivity index (χ2v) is 4.83. The zero-order chi connectivity index (χ0) is 13.8. The maximum absolute atomic E-state index is 11.3. The van der Waals surface area contributed by atoms with Crippen LogP contribution in [0.5, 0.6) is 0 Å². The fourth-order valence-corrected chi connectivity index (χ4v) is 1.26. The quantitative estimate of drug-likeness (QED) is 0.446. The molecule has 0 spiro atoms. The zero-order valence-corrected chi connectivity index (χ0v) is 11.9. The van der Waals surface area contributed by atoms with E-state index in [2.05, 4.69) is 13.8 Å². The van der Waals surface area contributed by atoms with E-state index in [1.165, 1.54) is 0 Å². The molecule has 0 radical (unpaired) electrons. The van der Waals surface area contributed by atoms with Crippen molar-refractivity contribution < 1.29 is 19.1 Å². The lowest BCUT2D eigenvalue weighted by Crippen LogP contribution is -2.10. The smallest absolute Gasteiger partial charge is 0.305 e. The monoisotopic (exact) mass is 258 g/mol. The molecule has 0 aliphatic heterocycles. The summed E-state index contributed by atoms with van der Waals surface area (Å²) in [4.78, 5) is 22.5. The first-order valence-corrected chi connectivity index (χ1v) is 6.87. The Kier molecular flexibility index (Phi) is 10.4. The summed E-state index contributed by atoms with van der Waals surface area (Å²) in [6.07, 6.45) is 3.87. The van der Waals surface area contributed by atoms with Gasteiger partial charge in [0, 0.05) is 12.8 Å². The van der Waals surface area contributed by atoms with Gasteiger partial charge in [0.1, 0.15) is 0 Å². The minimum Gasteiger partial charge on any atom is -0.466 e. The van der Waals surface area contributed by atoms with Gasteiger partial charge in [0.05, 0.1) is 13.2 Å². The lowest BCUT2D eigenvalue weighted by molar-refractivity contribution is -0.145. The molecule has 106 valence electrons. The summed E-state index contributed by atoms with van der Waals surface area (Å²) in [6, 6.07) is 0. The van der Waals surface area contributed by atoms with Crippen molar-refractivity contribution >= 4 is 11.9 Å². The Morgan fingerprint density at radius 3 is 2.00 bits per heavy atom. The van der Waals surface area contributed by atoms with Crippen LogP contribution in [0.1, 0.15) is 59.3 Å². The van der Waals surface area contributed by atoms with Crippen LogP contribution >= 0.6 is 0 Å². The molecule has 0 unspecified atom stereocenters. The lowest BCUT2D eigenvalue weighted by atomic mass is 10.1. The summed E-state index contributed by atoms with van der Waals surface area (Å²) < 4.78 is 10.0. The van der Waals surface area contributed by atoms with Gasteiger partial charge in [0.15, 0.2) is 0 Å². The molecule has 0 atom stereocenters. The molecule has 0 aromatic carbocycles. The molecular weight excluding hydrogens is 232 g/mol. The molecule has 0 rings (SSSR count). The molecule has 0 aliphatic rings. The number of esters is 2. The van der Waals surface area contributed by atoms with Gasteiger partial charge in [-0.2, -0.15) is 0 Å². The van der Waals surface area contributed by atoms with Crippen molar-refractivity contribution in [1.29, 1.82) is 0 Å². The van der Waals surface area contributed by atoms with Crippen molar-refractivity contribution in [3.63, 3.8) is 0 Å². The van der Waals surface area contributed by atoms with E-state index in [0.717, 1.165) is 19.3 Å². The Bertz CT molecular complexity index is 236. The van der Waals surface area contributed by atoms with Gasteiger partial charge in [0.2, 0.25) is 0 Å². The molecule has 0 aromatic rings. The van der Waals surface area contributed by atoms with E-state index < -0.39 is 0 Å². The number of hydrogen-bond donors (Lipinski definition) is 0. The van der Waals surface area contributed by atoms with Gasteiger partial charge in [-0.05, 0) is 25.2 Å². The molecule has 0 aromatic heterocycles. The van der Waals surface area contributed by atoms with Crippen LogP contribution in [0.2, 0.25) is 0 Å². The first-order valence-electron chi connectivity index (χ1n) is 6.87. The molecule has 0 heterocycles. The highest BCUT2D eigenvalue weighted by Gasteiger charge is 2.07. The fraction of sp³-hybridized carbons (Fsp3) is 0.857. The minimum atomic E-state index is -0.225. The van der Waals surface area contributed by atoms with Crippen LogP contribution in [0.15, 0.2) is 0 Å². The van der Waals surface area contributed by atoms with Gasteiger partial charge in [-0.1, -0.05) is 27.2 Å². The maximum Gasteiger partial charge on any atom is 0.305 e. The Labute approximate surface area is 110 Å². The second kappa shape index (κ2) is 11.1. The lowest BCUT2D eigenvalue weighted by Gasteiger charge is -2.06. The van der Waals surface area contributed by atoms with Crippen LogP contribution in [0, 0.1) is 5.92 Å². The molecule has 0 saturated carbocycles. The van der Waals surface area contributed by atoms with Crippen LogP contribution in [-0.4, -0.2) is 25.2 Å². The van der Waals surface area contributed by atoms with Crippen LogP contribution in [0.25, 0.3) is 0 Å². The van der Waals surface area contributed by atoms with Gasteiger partial charge in [0.25, 0.3) is 0 Å². The molecule has 0 fully saturated rings. The number of hydrogen-bond acceptors (Lipinski definition) is 4. The Balaban J connectivity index is 3.41. The average molecular weight is 258 g/mol. The maximum atomic E-state index is 11.3. The summed E-state index contributed by atoms with van der Waals surface area (Å²) in [5.41, 5.74) is 0. The van der Waals surface area contributed by atoms with Crippen molar-refractivity contribution in [2.45, 2.75) is 59.3 Å². The Morgan fingerprint density at radius 2 is 1.50 bits per heavy atom. The number of carbonyl (C=O) groups excluding carboxylic acids is 2. The molecular formula is C14H26O4. The summed E-state index contributed by atoms with van der Waals surface area (Å²) in [5.74, 6) is 0.0850. The topological polar surface area (TPSA) is 52.6 Å². The highest BCUT2D eigenvalue weighted by Crippen LogP contribution is 2.03. The normalized spacial score (nSPS) is 10.4. The van der Waals surface area contributed by atoms with Crippen LogP contribution < -0.4 is 0 Å². The standard InChI is InChI=1S/C14H26O4/c1-4-5-10-17-13(15)7-6-8-14(16)18-11-9-12(2)3/h12H,4-11H2,1-3H3. The van der Waals surface area contributed by atoms with Gasteiger partial charge >= 0.3 is 11.9 Å². The Hall–Kier alpha value is -1.06. The van der Waals surface area contributed by atoms with E-state index >= 15 is 0 Å². The number of ether oxygens (including phenoxy) is 2.